The van der Waals surface area contributed by atoms with Crippen LogP contribution in [0.15, 0.2) is 64.1 Å². The van der Waals surface area contributed by atoms with E-state index >= 15 is 0 Å². The molecule has 0 aliphatic rings. The van der Waals surface area contributed by atoms with Crippen LogP contribution in [0.1, 0.15) is 17.0 Å². The molecule has 0 saturated carbocycles. The van der Waals surface area contributed by atoms with E-state index in [-0.39, 0.29) is 5.56 Å². The van der Waals surface area contributed by atoms with Gasteiger partial charge in [0.15, 0.2) is 0 Å². The van der Waals surface area contributed by atoms with Crippen LogP contribution >= 0.6 is 11.3 Å². The highest BCUT2D eigenvalue weighted by atomic mass is 32.1. The molecule has 0 bridgehead atoms. The number of thiophene rings is 1. The number of benzene rings is 1. The van der Waals surface area contributed by atoms with E-state index in [1.165, 1.54) is 21.6 Å². The molecule has 0 spiro atoms. The number of rotatable bonds is 4. The lowest BCUT2D eigenvalue weighted by atomic mass is 10.2. The normalized spacial score (nSPS) is 11.6. The fraction of sp³-hybridized carbons (Fsp3) is 0.111. The maximum atomic E-state index is 12.5. The third kappa shape index (κ3) is 3.14. The SMILES string of the molecule is Cc1nc2sccc2c(=O)n1/N=C\c1cnn(Cc2ccccc2)c1. The number of hydrogen-bond donors (Lipinski definition) is 0. The van der Waals surface area contributed by atoms with Crippen molar-refractivity contribution in [1.29, 1.82) is 0 Å². The number of nitrogens with zero attached hydrogens (tertiary/aromatic N) is 5. The lowest BCUT2D eigenvalue weighted by molar-refractivity contribution is 0.687. The molecule has 3 heterocycles. The summed E-state index contributed by atoms with van der Waals surface area (Å²) in [6, 6.07) is 11.9. The van der Waals surface area contributed by atoms with Crippen molar-refractivity contribution in [2.24, 2.45) is 5.10 Å². The zero-order valence-corrected chi connectivity index (χ0v) is 14.3. The van der Waals surface area contributed by atoms with Crippen LogP contribution in [0, 0.1) is 6.92 Å². The Morgan fingerprint density at radius 1 is 1.24 bits per heavy atom. The number of aromatic nitrogens is 4. The minimum Gasteiger partial charge on any atom is -0.268 e. The molecule has 124 valence electrons. The van der Waals surface area contributed by atoms with Crippen LogP contribution < -0.4 is 5.56 Å². The van der Waals surface area contributed by atoms with E-state index in [9.17, 15) is 4.79 Å². The Hall–Kier alpha value is -3.06. The van der Waals surface area contributed by atoms with Crippen molar-refractivity contribution >= 4 is 27.8 Å². The van der Waals surface area contributed by atoms with E-state index in [0.29, 0.717) is 17.8 Å². The molecule has 4 rings (SSSR count). The Morgan fingerprint density at radius 3 is 2.92 bits per heavy atom. The topological polar surface area (TPSA) is 65.1 Å². The molecule has 0 amide bonds. The maximum absolute atomic E-state index is 12.5. The lowest BCUT2D eigenvalue weighted by Crippen LogP contribution is -2.19. The molecule has 0 fully saturated rings. The summed E-state index contributed by atoms with van der Waals surface area (Å²) >= 11 is 1.45. The van der Waals surface area contributed by atoms with Gasteiger partial charge in [0, 0.05) is 11.8 Å². The van der Waals surface area contributed by atoms with E-state index in [2.05, 4.69) is 27.3 Å². The van der Waals surface area contributed by atoms with E-state index < -0.39 is 0 Å². The Kier molecular flexibility index (Phi) is 3.99. The highest BCUT2D eigenvalue weighted by Crippen LogP contribution is 2.14. The van der Waals surface area contributed by atoms with Gasteiger partial charge in [-0.05, 0) is 23.9 Å². The minimum absolute atomic E-state index is 0.156. The van der Waals surface area contributed by atoms with Gasteiger partial charge in [-0.2, -0.15) is 14.9 Å². The lowest BCUT2D eigenvalue weighted by Gasteiger charge is -2.02. The van der Waals surface area contributed by atoms with Crippen molar-refractivity contribution < 1.29 is 0 Å². The molecule has 0 radical (unpaired) electrons. The highest BCUT2D eigenvalue weighted by Gasteiger charge is 2.08. The quantitative estimate of drug-likeness (QED) is 0.532. The van der Waals surface area contributed by atoms with Crippen LogP contribution in [0.4, 0.5) is 0 Å². The summed E-state index contributed by atoms with van der Waals surface area (Å²) in [4.78, 5) is 17.6. The fourth-order valence-corrected chi connectivity index (χ4v) is 3.37. The van der Waals surface area contributed by atoms with Crippen molar-refractivity contribution in [2.45, 2.75) is 13.5 Å². The summed E-state index contributed by atoms with van der Waals surface area (Å²) in [7, 11) is 0. The first-order valence-corrected chi connectivity index (χ1v) is 8.66. The van der Waals surface area contributed by atoms with Crippen LogP contribution in [0.25, 0.3) is 10.2 Å². The summed E-state index contributed by atoms with van der Waals surface area (Å²) in [5.41, 5.74) is 1.84. The third-order valence-corrected chi connectivity index (χ3v) is 4.61. The summed E-state index contributed by atoms with van der Waals surface area (Å²) in [6.45, 7) is 2.47. The molecule has 0 atom stereocenters. The average Bonchev–Trinajstić information content (AvgIpc) is 3.25. The predicted octanol–water partition coefficient (Wildman–Crippen LogP) is 2.89. The Morgan fingerprint density at radius 2 is 2.08 bits per heavy atom. The molecule has 25 heavy (non-hydrogen) atoms. The molecule has 0 aliphatic carbocycles. The first-order valence-electron chi connectivity index (χ1n) is 7.78. The van der Waals surface area contributed by atoms with Gasteiger partial charge in [-0.25, -0.2) is 4.98 Å². The molecule has 6 nitrogen and oxygen atoms in total. The smallest absolute Gasteiger partial charge is 0.268 e. The second-order valence-electron chi connectivity index (χ2n) is 5.62. The molecule has 4 aromatic rings. The average molecular weight is 349 g/mol. The second kappa shape index (κ2) is 6.45. The standard InChI is InChI=1S/C18H15N5OS/c1-13-21-17-16(7-8-25-17)18(24)23(13)20-10-15-9-19-22(12-15)11-14-5-3-2-4-6-14/h2-10,12H,11H2,1H3/b20-10-. The predicted molar refractivity (Wildman–Crippen MR) is 99.4 cm³/mol. The first kappa shape index (κ1) is 15.5. The van der Waals surface area contributed by atoms with E-state index in [4.69, 9.17) is 0 Å². The van der Waals surface area contributed by atoms with E-state index in [1.807, 2.05) is 34.5 Å². The highest BCUT2D eigenvalue weighted by molar-refractivity contribution is 7.16. The number of hydrogen-bond acceptors (Lipinski definition) is 5. The number of aryl methyl sites for hydroxylation is 1. The molecule has 3 aromatic heterocycles. The van der Waals surface area contributed by atoms with Gasteiger partial charge in [-0.15, -0.1) is 11.3 Å². The summed E-state index contributed by atoms with van der Waals surface area (Å²) < 4.78 is 3.16. The van der Waals surface area contributed by atoms with Gasteiger partial charge < -0.3 is 0 Å². The van der Waals surface area contributed by atoms with Crippen LogP contribution in [0.2, 0.25) is 0 Å². The Balaban J connectivity index is 1.59. The van der Waals surface area contributed by atoms with Crippen molar-refractivity contribution in [3.8, 4) is 0 Å². The van der Waals surface area contributed by atoms with Crippen LogP contribution in [0.3, 0.4) is 0 Å². The minimum atomic E-state index is -0.156. The third-order valence-electron chi connectivity index (χ3n) is 3.80. The van der Waals surface area contributed by atoms with Crippen molar-refractivity contribution in [1.82, 2.24) is 19.4 Å². The molecule has 0 unspecified atom stereocenters. The van der Waals surface area contributed by atoms with Crippen LogP contribution in [-0.4, -0.2) is 25.7 Å². The van der Waals surface area contributed by atoms with E-state index in [1.54, 1.807) is 25.4 Å². The molecule has 0 aliphatic heterocycles. The van der Waals surface area contributed by atoms with Crippen molar-refractivity contribution in [3.63, 3.8) is 0 Å². The van der Waals surface area contributed by atoms with Gasteiger partial charge in [0.2, 0.25) is 0 Å². The summed E-state index contributed by atoms with van der Waals surface area (Å²) in [5, 5.41) is 11.1. The molecule has 0 N–H and O–H groups in total. The van der Waals surface area contributed by atoms with Crippen molar-refractivity contribution in [3.05, 3.63) is 81.5 Å². The van der Waals surface area contributed by atoms with Crippen LogP contribution in [-0.2, 0) is 6.54 Å². The molecule has 1 aromatic carbocycles. The molecule has 7 heteroatoms. The van der Waals surface area contributed by atoms with Gasteiger partial charge in [-0.1, -0.05) is 30.3 Å². The molecule has 0 saturated heterocycles. The second-order valence-corrected chi connectivity index (χ2v) is 6.51. The largest absolute Gasteiger partial charge is 0.282 e. The first-order chi connectivity index (χ1) is 12.2. The Labute approximate surface area is 147 Å². The summed E-state index contributed by atoms with van der Waals surface area (Å²) in [5.74, 6) is 0.563. The van der Waals surface area contributed by atoms with Gasteiger partial charge in [0.1, 0.15) is 10.7 Å². The maximum Gasteiger partial charge on any atom is 0.282 e. The summed E-state index contributed by atoms with van der Waals surface area (Å²) in [6.07, 6.45) is 5.25. The zero-order chi connectivity index (χ0) is 17.2. The fourth-order valence-electron chi connectivity index (χ4n) is 2.57. The monoisotopic (exact) mass is 349 g/mol. The Bertz CT molecular complexity index is 1110. The van der Waals surface area contributed by atoms with Gasteiger partial charge in [-0.3, -0.25) is 9.48 Å². The van der Waals surface area contributed by atoms with Crippen LogP contribution in [0.5, 0.6) is 0 Å². The van der Waals surface area contributed by atoms with Gasteiger partial charge >= 0.3 is 0 Å². The van der Waals surface area contributed by atoms with Gasteiger partial charge in [0.25, 0.3) is 5.56 Å². The molecular formula is C18H15N5OS. The number of fused-ring (bicyclic) bond motifs is 1. The van der Waals surface area contributed by atoms with Gasteiger partial charge in [0.05, 0.1) is 24.3 Å². The van der Waals surface area contributed by atoms with Crippen molar-refractivity contribution in [2.75, 3.05) is 0 Å². The zero-order valence-electron chi connectivity index (χ0n) is 13.5. The molecular weight excluding hydrogens is 334 g/mol. The van der Waals surface area contributed by atoms with E-state index in [0.717, 1.165) is 10.4 Å².